The first-order valence-electron chi connectivity index (χ1n) is 6.36. The Hall–Kier alpha value is -1.77. The zero-order valence-corrected chi connectivity index (χ0v) is 13.3. The minimum absolute atomic E-state index is 0.366. The van der Waals surface area contributed by atoms with E-state index in [1.807, 2.05) is 0 Å². The number of hydrogen-bond donors (Lipinski definition) is 0. The number of rotatable bonds is 4. The maximum Gasteiger partial charge on any atom is 0.435 e. The van der Waals surface area contributed by atoms with Gasteiger partial charge in [-0.1, -0.05) is 6.58 Å². The van der Waals surface area contributed by atoms with E-state index >= 15 is 0 Å². The topological polar surface area (TPSA) is 26.3 Å². The minimum atomic E-state index is -7.65. The van der Waals surface area contributed by atoms with Gasteiger partial charge in [-0.3, -0.25) is 0 Å². The number of hydrogen-bond acceptors (Lipinski definition) is 2. The fraction of sp³-hybridized carbons (Fsp3) is 0.750. The monoisotopic (exact) mass is 450 g/mol. The molecule has 28 heavy (non-hydrogen) atoms. The molecule has 2 nitrogen and oxygen atoms in total. The summed E-state index contributed by atoms with van der Waals surface area (Å²) in [5.74, 6) is -2.78. The van der Waals surface area contributed by atoms with Gasteiger partial charge in [-0.2, -0.15) is 52.7 Å². The molecule has 0 spiro atoms. The Bertz CT molecular complexity index is 554. The average molecular weight is 450 g/mol. The van der Waals surface area contributed by atoms with Crippen LogP contribution < -0.4 is 0 Å². The molecule has 166 valence electrons. The third kappa shape index (κ3) is 3.49. The predicted molar refractivity (Wildman–Crippen MR) is 61.2 cm³/mol. The largest absolute Gasteiger partial charge is 0.448 e. The highest BCUT2D eigenvalue weighted by atomic mass is 19.4. The standard InChI is InChI=1S/C12H8F14O2/c1-4(2)5(27)28-6(3,7(13,9(15,16)17)10(18,19)20)8(14,11(21,22)23)12(24,25)26/h1H2,2-3H3. The highest BCUT2D eigenvalue weighted by Crippen LogP contribution is 2.64. The number of esters is 1. The molecule has 0 rings (SSSR count). The Morgan fingerprint density at radius 3 is 1.00 bits per heavy atom. The number of alkyl halides is 14. The second kappa shape index (κ2) is 6.64. The van der Waals surface area contributed by atoms with Gasteiger partial charge in [0.2, 0.25) is 5.60 Å². The molecule has 0 aliphatic heterocycles. The molecule has 0 aliphatic carbocycles. The van der Waals surface area contributed by atoms with Gasteiger partial charge in [0.25, 0.3) is 0 Å². The molecule has 0 radical (unpaired) electrons. The Morgan fingerprint density at radius 2 is 0.857 bits per heavy atom. The summed E-state index contributed by atoms with van der Waals surface area (Å²) in [6.07, 6.45) is -30.6. The van der Waals surface area contributed by atoms with Gasteiger partial charge in [0.05, 0.1) is 0 Å². The van der Waals surface area contributed by atoms with Gasteiger partial charge in [0, 0.05) is 5.57 Å². The van der Waals surface area contributed by atoms with Crippen molar-refractivity contribution in [2.75, 3.05) is 0 Å². The molecule has 0 aromatic heterocycles. The van der Waals surface area contributed by atoms with Gasteiger partial charge in [-0.05, 0) is 13.8 Å². The van der Waals surface area contributed by atoms with Crippen molar-refractivity contribution in [1.29, 1.82) is 0 Å². The fourth-order valence-electron chi connectivity index (χ4n) is 2.05. The van der Waals surface area contributed by atoms with Crippen LogP contribution in [0, 0.1) is 0 Å². The summed E-state index contributed by atoms with van der Waals surface area (Å²) in [4.78, 5) is 11.2. The fourth-order valence-corrected chi connectivity index (χ4v) is 2.05. The molecule has 0 saturated carbocycles. The summed E-state index contributed by atoms with van der Waals surface area (Å²) in [6.45, 7) is 1.43. The number of carbonyl (C=O) groups excluding carboxylic acids is 1. The first kappa shape index (κ1) is 26.2. The average Bonchev–Trinajstić information content (AvgIpc) is 2.39. The Labute approximate surface area is 146 Å². The van der Waals surface area contributed by atoms with Crippen LogP contribution in [0.2, 0.25) is 0 Å². The van der Waals surface area contributed by atoms with Gasteiger partial charge < -0.3 is 4.74 Å². The lowest BCUT2D eigenvalue weighted by Gasteiger charge is -2.50. The van der Waals surface area contributed by atoms with Crippen LogP contribution in [0.15, 0.2) is 12.2 Å². The van der Waals surface area contributed by atoms with Crippen LogP contribution in [0.25, 0.3) is 0 Å². The Morgan fingerprint density at radius 1 is 0.643 bits per heavy atom. The van der Waals surface area contributed by atoms with Crippen LogP contribution in [-0.4, -0.2) is 47.6 Å². The Balaban J connectivity index is 7.58. The highest BCUT2D eigenvalue weighted by molar-refractivity contribution is 5.87. The Kier molecular flexibility index (Phi) is 6.22. The maximum absolute atomic E-state index is 14.2. The molecule has 0 unspecified atom stereocenters. The third-order valence-corrected chi connectivity index (χ3v) is 3.52. The van der Waals surface area contributed by atoms with Crippen molar-refractivity contribution in [2.24, 2.45) is 0 Å². The molecule has 0 aromatic rings. The molecule has 0 fully saturated rings. The van der Waals surface area contributed by atoms with E-state index < -0.39 is 60.1 Å². The quantitative estimate of drug-likeness (QED) is 0.320. The minimum Gasteiger partial charge on any atom is -0.448 e. The number of carbonyl (C=O) groups is 1. The van der Waals surface area contributed by atoms with Crippen molar-refractivity contribution in [3.63, 3.8) is 0 Å². The first-order valence-corrected chi connectivity index (χ1v) is 6.36. The van der Waals surface area contributed by atoms with Gasteiger partial charge >= 0.3 is 42.0 Å². The van der Waals surface area contributed by atoms with Crippen molar-refractivity contribution in [2.45, 2.75) is 55.5 Å². The molecular formula is C12H8F14O2. The lowest BCUT2D eigenvalue weighted by atomic mass is 9.71. The summed E-state index contributed by atoms with van der Waals surface area (Å²) in [5.41, 5.74) is -23.3. The van der Waals surface area contributed by atoms with E-state index in [0.29, 0.717) is 6.92 Å². The third-order valence-electron chi connectivity index (χ3n) is 3.52. The number of halogens is 14. The normalized spacial score (nSPS) is 15.4. The molecule has 0 aromatic carbocycles. The molecule has 0 bridgehead atoms. The summed E-state index contributed by atoms with van der Waals surface area (Å²) in [7, 11) is 0. The van der Waals surface area contributed by atoms with Gasteiger partial charge in [0.1, 0.15) is 0 Å². The SMILES string of the molecule is C=C(C)C(=O)OC(C)(C(F)(C(F)(F)F)C(F)(F)F)C(F)(C(F)(F)F)C(F)(F)F. The van der Waals surface area contributed by atoms with Crippen molar-refractivity contribution in [3.8, 4) is 0 Å². The van der Waals surface area contributed by atoms with E-state index in [0.717, 1.165) is 0 Å². The van der Waals surface area contributed by atoms with Crippen molar-refractivity contribution in [1.82, 2.24) is 0 Å². The summed E-state index contributed by atoms with van der Waals surface area (Å²) >= 11 is 0. The molecule has 0 N–H and O–H groups in total. The van der Waals surface area contributed by atoms with Crippen molar-refractivity contribution in [3.05, 3.63) is 12.2 Å². The van der Waals surface area contributed by atoms with E-state index in [1.165, 1.54) is 0 Å². The number of ether oxygens (including phenoxy) is 1. The molecule has 0 amide bonds. The van der Waals surface area contributed by atoms with Crippen molar-refractivity contribution < 1.29 is 71.0 Å². The lowest BCUT2D eigenvalue weighted by Crippen LogP contribution is -2.81. The van der Waals surface area contributed by atoms with Crippen LogP contribution in [0.5, 0.6) is 0 Å². The van der Waals surface area contributed by atoms with Gasteiger partial charge in [0.15, 0.2) is 0 Å². The van der Waals surface area contributed by atoms with Gasteiger partial charge in [-0.15, -0.1) is 0 Å². The van der Waals surface area contributed by atoms with E-state index in [-0.39, 0.29) is 0 Å². The van der Waals surface area contributed by atoms with Crippen LogP contribution in [0.3, 0.4) is 0 Å². The van der Waals surface area contributed by atoms with Crippen LogP contribution in [0.1, 0.15) is 13.8 Å². The first-order chi connectivity index (χ1) is 11.8. The smallest absolute Gasteiger partial charge is 0.435 e. The second-order valence-corrected chi connectivity index (χ2v) is 5.51. The summed E-state index contributed by atoms with van der Waals surface area (Å²) < 4.78 is 186. The molecule has 0 aliphatic rings. The summed E-state index contributed by atoms with van der Waals surface area (Å²) in [6, 6.07) is 0. The van der Waals surface area contributed by atoms with Crippen LogP contribution >= 0.6 is 0 Å². The molecule has 16 heteroatoms. The van der Waals surface area contributed by atoms with Gasteiger partial charge in [-0.25, -0.2) is 13.6 Å². The van der Waals surface area contributed by atoms with E-state index in [9.17, 15) is 66.3 Å². The maximum atomic E-state index is 14.2. The van der Waals surface area contributed by atoms with E-state index in [2.05, 4.69) is 11.3 Å². The van der Waals surface area contributed by atoms with E-state index in [1.54, 1.807) is 0 Å². The van der Waals surface area contributed by atoms with Crippen LogP contribution in [-0.2, 0) is 9.53 Å². The highest BCUT2D eigenvalue weighted by Gasteiger charge is 2.95. The van der Waals surface area contributed by atoms with E-state index in [4.69, 9.17) is 0 Å². The molecule has 0 saturated heterocycles. The zero-order valence-electron chi connectivity index (χ0n) is 13.3. The summed E-state index contributed by atoms with van der Waals surface area (Å²) in [5, 5.41) is 0. The predicted octanol–water partition coefficient (Wildman–Crippen LogP) is 5.53. The molecule has 0 atom stereocenters. The molecular weight excluding hydrogens is 442 g/mol. The zero-order chi connectivity index (χ0) is 23.4. The van der Waals surface area contributed by atoms with Crippen LogP contribution in [0.4, 0.5) is 61.5 Å². The van der Waals surface area contributed by atoms with Crippen molar-refractivity contribution >= 4 is 5.97 Å². The second-order valence-electron chi connectivity index (χ2n) is 5.51. The molecule has 0 heterocycles. The lowest BCUT2D eigenvalue weighted by molar-refractivity contribution is -0.451.